The maximum absolute atomic E-state index is 12.7. The van der Waals surface area contributed by atoms with Crippen LogP contribution in [0.5, 0.6) is 5.75 Å². The van der Waals surface area contributed by atoms with Gasteiger partial charge in [-0.3, -0.25) is 4.79 Å². The van der Waals surface area contributed by atoms with E-state index in [0.717, 1.165) is 49.4 Å². The third-order valence-corrected chi connectivity index (χ3v) is 6.04. The fraction of sp³-hybridized carbons (Fsp3) is 0.333. The largest absolute Gasteiger partial charge is 0.573 e. The van der Waals surface area contributed by atoms with Crippen molar-refractivity contribution in [3.63, 3.8) is 0 Å². The minimum atomic E-state index is -4.89. The first-order valence-electron chi connectivity index (χ1n) is 8.82. The monoisotopic (exact) mass is 445 g/mol. The van der Waals surface area contributed by atoms with Crippen molar-refractivity contribution in [3.8, 4) is 5.75 Å². The van der Waals surface area contributed by atoms with E-state index in [1.54, 1.807) is 0 Å². The smallest absolute Gasteiger partial charge is 0.406 e. The summed E-state index contributed by atoms with van der Waals surface area (Å²) in [6.45, 7) is 0.920. The Morgan fingerprint density at radius 2 is 1.97 bits per heavy atom. The van der Waals surface area contributed by atoms with E-state index in [1.165, 1.54) is 0 Å². The molecule has 1 aliphatic heterocycles. The quantitative estimate of drug-likeness (QED) is 0.700. The Balaban J connectivity index is 1.74. The van der Waals surface area contributed by atoms with Gasteiger partial charge in [-0.05, 0) is 43.2 Å². The molecule has 1 aromatic carbocycles. The summed E-state index contributed by atoms with van der Waals surface area (Å²) in [5.41, 5.74) is 5.52. The van der Waals surface area contributed by atoms with Crippen LogP contribution in [0.2, 0.25) is 0 Å². The Bertz CT molecular complexity index is 1020. The number of anilines is 1. The number of benzene rings is 1. The minimum Gasteiger partial charge on any atom is -0.406 e. The number of hydrogen-bond donors (Lipinski definition) is 2. The molecule has 1 atom stereocenters. The zero-order chi connectivity index (χ0) is 21.9. The molecule has 0 radical (unpaired) electrons. The highest BCUT2D eigenvalue weighted by molar-refractivity contribution is 7.91. The predicted octanol–water partition coefficient (Wildman–Crippen LogP) is 2.30. The fourth-order valence-electron chi connectivity index (χ4n) is 2.85. The molecule has 3 N–H and O–H groups in total. The number of nitrogens with one attached hydrogen (secondary N) is 1. The Hall–Kier alpha value is -2.86. The highest BCUT2D eigenvalue weighted by Gasteiger charge is 2.31. The van der Waals surface area contributed by atoms with Gasteiger partial charge >= 0.3 is 6.36 Å². The molecule has 1 fully saturated rings. The maximum Gasteiger partial charge on any atom is 0.573 e. The Kier molecular flexibility index (Phi) is 6.17. The Morgan fingerprint density at radius 1 is 1.27 bits per heavy atom. The minimum absolute atomic E-state index is 0.0841. The number of aromatic nitrogens is 1. The van der Waals surface area contributed by atoms with Gasteiger partial charge in [-0.1, -0.05) is 0 Å². The molecule has 2 heterocycles. The summed E-state index contributed by atoms with van der Waals surface area (Å²) in [5.74, 6) is -1.13. The first kappa shape index (κ1) is 21.8. The molecule has 8 nitrogen and oxygen atoms in total. The molecule has 2 aromatic rings. The van der Waals surface area contributed by atoms with Crippen molar-refractivity contribution >= 4 is 21.4 Å². The summed E-state index contributed by atoms with van der Waals surface area (Å²) < 4.78 is 71.2. The normalized spacial score (nSPS) is 17.0. The van der Waals surface area contributed by atoms with E-state index in [2.05, 4.69) is 15.0 Å². The van der Waals surface area contributed by atoms with Crippen molar-refractivity contribution in [1.82, 2.24) is 10.3 Å². The van der Waals surface area contributed by atoms with E-state index in [1.807, 2.05) is 0 Å². The van der Waals surface area contributed by atoms with Crippen LogP contribution in [0.25, 0.3) is 0 Å². The summed E-state index contributed by atoms with van der Waals surface area (Å²) in [5, 5.41) is 2.63. The average molecular weight is 445 g/mol. The fourth-order valence-corrected chi connectivity index (χ4v) is 4.09. The van der Waals surface area contributed by atoms with Crippen molar-refractivity contribution in [2.45, 2.75) is 35.1 Å². The zero-order valence-corrected chi connectivity index (χ0v) is 16.3. The number of alkyl halides is 3. The standard InChI is InChI=1S/C18H18F3N3O5S/c19-18(20,21)29-11-3-5-13(6-4-11)30(26,27)14-8-15(22)16(23-10-14)17(25)24-9-12-2-1-7-28-12/h3-6,8,10,12H,1-2,7,9,22H2,(H,24,25). The van der Waals surface area contributed by atoms with E-state index in [9.17, 15) is 26.4 Å². The Labute approximate surface area is 170 Å². The molecule has 1 unspecified atom stereocenters. The van der Waals surface area contributed by atoms with Crippen molar-refractivity contribution in [1.29, 1.82) is 0 Å². The van der Waals surface area contributed by atoms with E-state index < -0.39 is 27.9 Å². The predicted molar refractivity (Wildman–Crippen MR) is 98.5 cm³/mol. The lowest BCUT2D eigenvalue weighted by atomic mass is 10.2. The van der Waals surface area contributed by atoms with Crippen LogP contribution in [0.4, 0.5) is 18.9 Å². The van der Waals surface area contributed by atoms with E-state index >= 15 is 0 Å². The second-order valence-electron chi connectivity index (χ2n) is 6.48. The number of halogens is 3. The van der Waals surface area contributed by atoms with Gasteiger partial charge in [-0.15, -0.1) is 13.2 Å². The molecule has 0 aliphatic carbocycles. The van der Waals surface area contributed by atoms with Gasteiger partial charge in [0, 0.05) is 19.3 Å². The molecule has 0 spiro atoms. The van der Waals surface area contributed by atoms with Gasteiger partial charge in [-0.25, -0.2) is 13.4 Å². The number of nitrogens with zero attached hydrogens (tertiary/aromatic N) is 1. The average Bonchev–Trinajstić information content (AvgIpc) is 3.19. The SMILES string of the molecule is Nc1cc(S(=O)(=O)c2ccc(OC(F)(F)F)cc2)cnc1C(=O)NCC1CCCO1. The molecule has 0 saturated carbocycles. The third-order valence-electron chi connectivity index (χ3n) is 4.30. The summed E-state index contributed by atoms with van der Waals surface area (Å²) >= 11 is 0. The van der Waals surface area contributed by atoms with Gasteiger partial charge in [0.2, 0.25) is 9.84 Å². The molecular formula is C18H18F3N3O5S. The van der Waals surface area contributed by atoms with Crippen molar-refractivity contribution < 1.29 is 35.9 Å². The van der Waals surface area contributed by atoms with Crippen molar-refractivity contribution in [2.24, 2.45) is 0 Å². The van der Waals surface area contributed by atoms with E-state index in [4.69, 9.17) is 10.5 Å². The molecule has 12 heteroatoms. The number of nitrogens with two attached hydrogens (primary N) is 1. The number of carbonyl (C=O) groups excluding carboxylic acids is 1. The highest BCUT2D eigenvalue weighted by Crippen LogP contribution is 2.27. The number of rotatable bonds is 6. The van der Waals surface area contributed by atoms with Gasteiger partial charge in [0.1, 0.15) is 5.75 Å². The molecule has 1 aromatic heterocycles. The molecule has 30 heavy (non-hydrogen) atoms. The lowest BCUT2D eigenvalue weighted by molar-refractivity contribution is -0.274. The van der Waals surface area contributed by atoms with Gasteiger partial charge in [0.05, 0.1) is 21.6 Å². The molecule has 1 amide bonds. The molecule has 1 aliphatic rings. The van der Waals surface area contributed by atoms with Crippen LogP contribution in [0.3, 0.4) is 0 Å². The molecule has 3 rings (SSSR count). The second kappa shape index (κ2) is 8.48. The molecule has 162 valence electrons. The number of ether oxygens (including phenoxy) is 2. The first-order chi connectivity index (χ1) is 14.1. The molecule has 1 saturated heterocycles. The molecular weight excluding hydrogens is 427 g/mol. The number of pyridine rings is 1. The number of sulfone groups is 1. The lowest BCUT2D eigenvalue weighted by Crippen LogP contribution is -2.32. The zero-order valence-electron chi connectivity index (χ0n) is 15.5. The summed E-state index contributed by atoms with van der Waals surface area (Å²) in [7, 11) is -4.12. The van der Waals surface area contributed by atoms with Crippen LogP contribution in [0.1, 0.15) is 23.3 Å². The van der Waals surface area contributed by atoms with E-state index in [0.29, 0.717) is 6.61 Å². The van der Waals surface area contributed by atoms with Crippen LogP contribution in [0, 0.1) is 0 Å². The molecule has 0 bridgehead atoms. The van der Waals surface area contributed by atoms with Gasteiger partial charge in [0.15, 0.2) is 5.69 Å². The van der Waals surface area contributed by atoms with Gasteiger partial charge in [-0.2, -0.15) is 0 Å². The maximum atomic E-state index is 12.7. The number of amides is 1. The summed E-state index contributed by atoms with van der Waals surface area (Å²) in [4.78, 5) is 15.5. The van der Waals surface area contributed by atoms with Crippen molar-refractivity contribution in [3.05, 3.63) is 42.2 Å². The van der Waals surface area contributed by atoms with Crippen LogP contribution in [-0.2, 0) is 14.6 Å². The lowest BCUT2D eigenvalue weighted by Gasteiger charge is -2.12. The third kappa shape index (κ3) is 5.19. The first-order valence-corrected chi connectivity index (χ1v) is 10.3. The number of carbonyl (C=O) groups is 1. The topological polar surface area (TPSA) is 121 Å². The second-order valence-corrected chi connectivity index (χ2v) is 8.43. The van der Waals surface area contributed by atoms with Crippen LogP contribution in [-0.4, -0.2) is 44.9 Å². The van der Waals surface area contributed by atoms with Gasteiger partial charge in [0.25, 0.3) is 5.91 Å². The van der Waals surface area contributed by atoms with Crippen molar-refractivity contribution in [2.75, 3.05) is 18.9 Å². The van der Waals surface area contributed by atoms with Crippen LogP contribution >= 0.6 is 0 Å². The number of hydrogen-bond acceptors (Lipinski definition) is 7. The van der Waals surface area contributed by atoms with Gasteiger partial charge < -0.3 is 20.5 Å². The van der Waals surface area contributed by atoms with E-state index in [-0.39, 0.29) is 33.8 Å². The highest BCUT2D eigenvalue weighted by atomic mass is 32.2. The Morgan fingerprint density at radius 3 is 2.53 bits per heavy atom. The number of nitrogen functional groups attached to an aromatic ring is 1. The van der Waals surface area contributed by atoms with Crippen LogP contribution in [0.15, 0.2) is 46.3 Å². The summed E-state index contributed by atoms with van der Waals surface area (Å²) in [6.07, 6.45) is -2.27. The summed E-state index contributed by atoms with van der Waals surface area (Å²) in [6, 6.07) is 4.77. The van der Waals surface area contributed by atoms with Crippen LogP contribution < -0.4 is 15.8 Å².